The standard InChI is InChI=1S/C89H173NO8/c1-6-8-10-12-14-16-18-20-22-24-26-28-30-32-34-36-38-40-42-43-44-46-47-49-51-53-55-57-59-61-63-65-67-69-71-73-75-77-79-86(91)96-83-85(84-97-89(88(93)94)95-82-81-90(3,4)5)98-87(92)80-78-76-74-72-70-68-66-64-62-60-58-56-54-52-50-48-45-41-39-37-35-33-31-29-27-25-23-21-19-17-15-13-11-9-7-2/h25,27,85,89H,6-24,26,28-84H2,1-5H3/p+1/b27-25-. The van der Waals surface area contributed by atoms with Crippen molar-refractivity contribution in [1.29, 1.82) is 0 Å². The number of unbranched alkanes of at least 4 members (excludes halogenated alkanes) is 68. The summed E-state index contributed by atoms with van der Waals surface area (Å²) in [5, 5.41) is 9.79. The second kappa shape index (κ2) is 80.7. The summed E-state index contributed by atoms with van der Waals surface area (Å²) in [6.07, 6.45) is 99.9. The van der Waals surface area contributed by atoms with Crippen molar-refractivity contribution in [3.05, 3.63) is 12.2 Å². The monoisotopic (exact) mass is 1390 g/mol. The Kier molecular flexibility index (Phi) is 79.1. The molecule has 0 spiro atoms. The van der Waals surface area contributed by atoms with E-state index in [1.807, 2.05) is 21.1 Å². The van der Waals surface area contributed by atoms with E-state index in [-0.39, 0.29) is 38.2 Å². The van der Waals surface area contributed by atoms with Crippen LogP contribution in [-0.4, -0.2) is 87.4 Å². The molecular formula is C89H174NO8+. The second-order valence-electron chi connectivity index (χ2n) is 31.9. The summed E-state index contributed by atoms with van der Waals surface area (Å²) in [4.78, 5) is 37.8. The smallest absolute Gasteiger partial charge is 0.361 e. The Labute approximate surface area is 612 Å². The van der Waals surface area contributed by atoms with Crippen molar-refractivity contribution in [3.63, 3.8) is 0 Å². The molecule has 582 valence electrons. The lowest BCUT2D eigenvalue weighted by molar-refractivity contribution is -0.870. The minimum atomic E-state index is -1.51. The van der Waals surface area contributed by atoms with E-state index in [4.69, 9.17) is 18.9 Å². The molecule has 0 saturated carbocycles. The number of ether oxygens (including phenoxy) is 4. The first kappa shape index (κ1) is 96.0. The van der Waals surface area contributed by atoms with E-state index in [2.05, 4.69) is 26.0 Å². The van der Waals surface area contributed by atoms with Crippen LogP contribution in [0, 0.1) is 0 Å². The van der Waals surface area contributed by atoms with Gasteiger partial charge in [-0.2, -0.15) is 0 Å². The molecule has 0 rings (SSSR count). The summed E-state index contributed by atoms with van der Waals surface area (Å²) in [7, 11) is 6.01. The van der Waals surface area contributed by atoms with Crippen LogP contribution in [0.15, 0.2) is 12.2 Å². The number of quaternary nitrogens is 1. The van der Waals surface area contributed by atoms with Gasteiger partial charge < -0.3 is 28.5 Å². The molecule has 9 heteroatoms. The number of carboxylic acid groups (broad SMARTS) is 1. The third kappa shape index (κ3) is 81.3. The molecule has 0 aliphatic heterocycles. The van der Waals surface area contributed by atoms with E-state index in [0.29, 0.717) is 17.4 Å². The van der Waals surface area contributed by atoms with Crippen molar-refractivity contribution in [2.75, 3.05) is 47.5 Å². The number of carboxylic acids is 1. The van der Waals surface area contributed by atoms with Gasteiger partial charge >= 0.3 is 17.9 Å². The molecule has 0 bridgehead atoms. The Bertz CT molecular complexity index is 1610. The minimum absolute atomic E-state index is 0.172. The van der Waals surface area contributed by atoms with Gasteiger partial charge in [0.2, 0.25) is 0 Å². The number of esters is 2. The van der Waals surface area contributed by atoms with Gasteiger partial charge in [0.1, 0.15) is 13.2 Å². The number of carbonyl (C=O) groups excluding carboxylic acids is 2. The van der Waals surface area contributed by atoms with Crippen molar-refractivity contribution in [1.82, 2.24) is 0 Å². The van der Waals surface area contributed by atoms with Crippen LogP contribution in [-0.2, 0) is 33.3 Å². The van der Waals surface area contributed by atoms with Crippen molar-refractivity contribution in [2.24, 2.45) is 0 Å². The van der Waals surface area contributed by atoms with Crippen LogP contribution in [0.4, 0.5) is 0 Å². The molecule has 0 aromatic rings. The van der Waals surface area contributed by atoms with Crippen LogP contribution in [0.5, 0.6) is 0 Å². The van der Waals surface area contributed by atoms with Gasteiger partial charge in [0.15, 0.2) is 6.10 Å². The highest BCUT2D eigenvalue weighted by Gasteiger charge is 2.25. The topological polar surface area (TPSA) is 108 Å². The predicted octanol–water partition coefficient (Wildman–Crippen LogP) is 28.7. The number of nitrogens with zero attached hydrogens (tertiary/aromatic N) is 1. The van der Waals surface area contributed by atoms with Crippen molar-refractivity contribution >= 4 is 17.9 Å². The van der Waals surface area contributed by atoms with E-state index >= 15 is 0 Å². The summed E-state index contributed by atoms with van der Waals surface area (Å²) in [5.41, 5.74) is 0. The molecule has 2 unspecified atom stereocenters. The number of aliphatic carboxylic acids is 1. The highest BCUT2D eigenvalue weighted by molar-refractivity contribution is 5.71. The third-order valence-corrected chi connectivity index (χ3v) is 20.8. The van der Waals surface area contributed by atoms with Crippen LogP contribution in [0.3, 0.4) is 0 Å². The van der Waals surface area contributed by atoms with Crippen molar-refractivity contribution in [2.45, 2.75) is 495 Å². The highest BCUT2D eigenvalue weighted by atomic mass is 16.7. The van der Waals surface area contributed by atoms with E-state index < -0.39 is 18.4 Å². The zero-order valence-electron chi connectivity index (χ0n) is 67.0. The number of likely N-dealkylation sites (N-methyl/N-ethyl adjacent to an activating group) is 1. The Hall–Kier alpha value is -1.97. The molecule has 0 heterocycles. The van der Waals surface area contributed by atoms with E-state index in [1.54, 1.807) is 0 Å². The summed E-state index contributed by atoms with van der Waals surface area (Å²) in [6.45, 7) is 4.98. The van der Waals surface area contributed by atoms with Gasteiger partial charge in [0.05, 0.1) is 34.4 Å². The maximum Gasteiger partial charge on any atom is 0.361 e. The Balaban J connectivity index is 3.89. The molecular weight excluding hydrogens is 1210 g/mol. The molecule has 1 N–H and O–H groups in total. The average Bonchev–Trinajstić information content (AvgIpc) is 1.34. The molecule has 0 saturated heterocycles. The number of carbonyl (C=O) groups is 3. The molecule has 0 radical (unpaired) electrons. The predicted molar refractivity (Wildman–Crippen MR) is 425 cm³/mol. The normalized spacial score (nSPS) is 12.5. The van der Waals surface area contributed by atoms with Crippen molar-refractivity contribution in [3.8, 4) is 0 Å². The van der Waals surface area contributed by atoms with Crippen LogP contribution in [0.2, 0.25) is 0 Å². The number of hydrogen-bond acceptors (Lipinski definition) is 7. The average molecular weight is 1390 g/mol. The van der Waals surface area contributed by atoms with E-state index in [9.17, 15) is 19.5 Å². The molecule has 0 aliphatic carbocycles. The molecule has 0 aromatic carbocycles. The van der Waals surface area contributed by atoms with Crippen LogP contribution < -0.4 is 0 Å². The first-order valence-electron chi connectivity index (χ1n) is 44.4. The maximum atomic E-state index is 13.0. The van der Waals surface area contributed by atoms with E-state index in [1.165, 1.54) is 417 Å². The van der Waals surface area contributed by atoms with Crippen LogP contribution in [0.1, 0.15) is 483 Å². The fraction of sp³-hybridized carbons (Fsp3) is 0.944. The molecule has 9 nitrogen and oxygen atoms in total. The maximum absolute atomic E-state index is 13.0. The zero-order valence-corrected chi connectivity index (χ0v) is 67.0. The summed E-state index contributed by atoms with van der Waals surface area (Å²) < 4.78 is 23.1. The lowest BCUT2D eigenvalue weighted by Gasteiger charge is -2.25. The fourth-order valence-corrected chi connectivity index (χ4v) is 14.0. The molecule has 0 aromatic heterocycles. The highest BCUT2D eigenvalue weighted by Crippen LogP contribution is 2.21. The number of hydrogen-bond donors (Lipinski definition) is 1. The third-order valence-electron chi connectivity index (χ3n) is 20.8. The van der Waals surface area contributed by atoms with Crippen LogP contribution >= 0.6 is 0 Å². The first-order chi connectivity index (χ1) is 48.1. The van der Waals surface area contributed by atoms with Crippen molar-refractivity contribution < 1.29 is 42.9 Å². The number of allylic oxidation sites excluding steroid dienone is 2. The number of rotatable bonds is 85. The SMILES string of the molecule is CCCCCCCCCC/C=C\CCCCCCCCCCCCCCCCCCCCCCCCCC(=O)OC(COC(=O)CCCCCCCCCCCCCCCCCCCCCCCCCCCCCCCCCCCCCCCC)COC(OCC[N+](C)(C)C)C(=O)O. The van der Waals surface area contributed by atoms with Gasteiger partial charge in [-0.25, -0.2) is 4.79 Å². The molecule has 0 amide bonds. The Morgan fingerprint density at radius 2 is 0.520 bits per heavy atom. The zero-order chi connectivity index (χ0) is 71.1. The first-order valence-corrected chi connectivity index (χ1v) is 44.4. The molecule has 98 heavy (non-hydrogen) atoms. The summed E-state index contributed by atoms with van der Waals surface area (Å²) in [5.74, 6) is -1.96. The van der Waals surface area contributed by atoms with Gasteiger partial charge in [0, 0.05) is 12.8 Å². The summed E-state index contributed by atoms with van der Waals surface area (Å²) in [6, 6.07) is 0. The van der Waals surface area contributed by atoms with E-state index in [0.717, 1.165) is 38.5 Å². The summed E-state index contributed by atoms with van der Waals surface area (Å²) >= 11 is 0. The molecule has 2 atom stereocenters. The Morgan fingerprint density at radius 1 is 0.296 bits per heavy atom. The fourth-order valence-electron chi connectivity index (χ4n) is 14.0. The molecule has 0 aliphatic rings. The second-order valence-corrected chi connectivity index (χ2v) is 31.9. The largest absolute Gasteiger partial charge is 0.477 e. The lowest BCUT2D eigenvalue weighted by atomic mass is 10.0. The van der Waals surface area contributed by atoms with Gasteiger partial charge in [-0.3, -0.25) is 9.59 Å². The quantitative estimate of drug-likeness (QED) is 0.0211. The van der Waals surface area contributed by atoms with Crippen LogP contribution in [0.25, 0.3) is 0 Å². The van der Waals surface area contributed by atoms with Gasteiger partial charge in [-0.05, 0) is 38.5 Å². The molecule has 0 fully saturated rings. The Morgan fingerprint density at radius 3 is 0.755 bits per heavy atom. The van der Waals surface area contributed by atoms with Gasteiger partial charge in [0.25, 0.3) is 6.29 Å². The van der Waals surface area contributed by atoms with Gasteiger partial charge in [-0.15, -0.1) is 0 Å². The lowest BCUT2D eigenvalue weighted by Crippen LogP contribution is -2.40. The van der Waals surface area contributed by atoms with Gasteiger partial charge in [-0.1, -0.05) is 443 Å². The minimum Gasteiger partial charge on any atom is -0.477 e.